The third-order valence-electron chi connectivity index (χ3n) is 3.47. The zero-order valence-corrected chi connectivity index (χ0v) is 13.7. The Bertz CT molecular complexity index is 415. The molecule has 1 aromatic carbocycles. The molecule has 20 heavy (non-hydrogen) atoms. The Morgan fingerprint density at radius 2 is 1.80 bits per heavy atom. The molecule has 0 aliphatic carbocycles. The molecule has 3 heteroatoms. The zero-order valence-electron chi connectivity index (χ0n) is 13.7. The first-order valence-corrected chi connectivity index (χ1v) is 7.66. The molecule has 0 fully saturated rings. The molecule has 0 spiro atoms. The van der Waals surface area contributed by atoms with Crippen LogP contribution < -0.4 is 10.2 Å². The Balaban J connectivity index is 3.23. The van der Waals surface area contributed by atoms with Crippen LogP contribution in [-0.2, 0) is 0 Å². The van der Waals surface area contributed by atoms with Crippen molar-refractivity contribution in [1.82, 2.24) is 5.32 Å². The van der Waals surface area contributed by atoms with Gasteiger partial charge in [-0.2, -0.15) is 0 Å². The summed E-state index contributed by atoms with van der Waals surface area (Å²) in [5.41, 5.74) is 1.80. The van der Waals surface area contributed by atoms with Gasteiger partial charge in [0.15, 0.2) is 0 Å². The molecule has 0 aromatic heterocycles. The zero-order chi connectivity index (χ0) is 15.3. The van der Waals surface area contributed by atoms with Gasteiger partial charge in [0, 0.05) is 29.9 Å². The van der Waals surface area contributed by atoms with E-state index in [1.807, 2.05) is 26.0 Å². The van der Waals surface area contributed by atoms with Gasteiger partial charge in [-0.1, -0.05) is 26.8 Å². The van der Waals surface area contributed by atoms with Gasteiger partial charge in [0.1, 0.15) is 5.82 Å². The van der Waals surface area contributed by atoms with Crippen molar-refractivity contribution in [2.45, 2.75) is 53.6 Å². The first kappa shape index (κ1) is 17.0. The average molecular weight is 280 g/mol. The number of anilines is 1. The summed E-state index contributed by atoms with van der Waals surface area (Å²) < 4.78 is 14.3. The second-order valence-corrected chi connectivity index (χ2v) is 6.09. The van der Waals surface area contributed by atoms with Gasteiger partial charge in [-0.15, -0.1) is 0 Å². The predicted octanol–water partition coefficient (Wildman–Crippen LogP) is 4.37. The van der Waals surface area contributed by atoms with E-state index in [9.17, 15) is 4.39 Å². The van der Waals surface area contributed by atoms with Crippen LogP contribution in [0.3, 0.4) is 0 Å². The van der Waals surface area contributed by atoms with E-state index in [4.69, 9.17) is 0 Å². The lowest BCUT2D eigenvalue weighted by Crippen LogP contribution is -2.36. The van der Waals surface area contributed by atoms with Crippen molar-refractivity contribution in [3.8, 4) is 0 Å². The fourth-order valence-electron chi connectivity index (χ4n) is 2.59. The quantitative estimate of drug-likeness (QED) is 0.798. The Labute approximate surface area is 123 Å². The van der Waals surface area contributed by atoms with Gasteiger partial charge in [-0.3, -0.25) is 0 Å². The highest BCUT2D eigenvalue weighted by atomic mass is 19.1. The SMILES string of the molecule is CCNC(C)c1c(F)cccc1N(CC(C)C)C(C)C. The van der Waals surface area contributed by atoms with Crippen molar-refractivity contribution >= 4 is 5.69 Å². The Morgan fingerprint density at radius 1 is 1.15 bits per heavy atom. The second-order valence-electron chi connectivity index (χ2n) is 6.09. The maximum absolute atomic E-state index is 14.3. The summed E-state index contributed by atoms with van der Waals surface area (Å²) in [6.45, 7) is 14.6. The van der Waals surface area contributed by atoms with Crippen molar-refractivity contribution in [2.75, 3.05) is 18.0 Å². The molecule has 0 heterocycles. The number of nitrogens with one attached hydrogen (secondary N) is 1. The molecule has 1 N–H and O–H groups in total. The van der Waals surface area contributed by atoms with Crippen LogP contribution in [0.2, 0.25) is 0 Å². The first-order valence-electron chi connectivity index (χ1n) is 7.66. The molecule has 114 valence electrons. The number of hydrogen-bond acceptors (Lipinski definition) is 2. The van der Waals surface area contributed by atoms with Gasteiger partial charge in [0.2, 0.25) is 0 Å². The molecule has 1 rings (SSSR count). The Kier molecular flexibility index (Phi) is 6.47. The molecule has 0 radical (unpaired) electrons. The third-order valence-corrected chi connectivity index (χ3v) is 3.47. The van der Waals surface area contributed by atoms with Crippen LogP contribution in [0.15, 0.2) is 18.2 Å². The molecule has 0 bridgehead atoms. The number of nitrogens with zero attached hydrogens (tertiary/aromatic N) is 1. The van der Waals surface area contributed by atoms with Crippen LogP contribution in [0.25, 0.3) is 0 Å². The van der Waals surface area contributed by atoms with Crippen molar-refractivity contribution in [3.63, 3.8) is 0 Å². The molecule has 2 nitrogen and oxygen atoms in total. The van der Waals surface area contributed by atoms with Gasteiger partial charge in [0.25, 0.3) is 0 Å². The summed E-state index contributed by atoms with van der Waals surface area (Å²) >= 11 is 0. The third kappa shape index (κ3) is 4.20. The summed E-state index contributed by atoms with van der Waals surface area (Å²) in [7, 11) is 0. The standard InChI is InChI=1S/C17H29FN2/c1-7-19-14(6)17-15(18)9-8-10-16(17)20(13(4)5)11-12(2)3/h8-10,12-14,19H,7,11H2,1-6H3. The van der Waals surface area contributed by atoms with Gasteiger partial charge in [0.05, 0.1) is 0 Å². The van der Waals surface area contributed by atoms with Crippen LogP contribution in [-0.4, -0.2) is 19.1 Å². The largest absolute Gasteiger partial charge is 0.368 e. The smallest absolute Gasteiger partial charge is 0.130 e. The fourth-order valence-corrected chi connectivity index (χ4v) is 2.59. The topological polar surface area (TPSA) is 15.3 Å². The van der Waals surface area contributed by atoms with Crippen LogP contribution in [0.5, 0.6) is 0 Å². The molecule has 0 saturated carbocycles. The number of hydrogen-bond donors (Lipinski definition) is 1. The van der Waals surface area contributed by atoms with Gasteiger partial charge < -0.3 is 10.2 Å². The van der Waals surface area contributed by atoms with Gasteiger partial charge in [-0.05, 0) is 45.4 Å². The maximum atomic E-state index is 14.3. The van der Waals surface area contributed by atoms with E-state index in [2.05, 4.69) is 37.9 Å². The van der Waals surface area contributed by atoms with Crippen molar-refractivity contribution in [3.05, 3.63) is 29.6 Å². The second kappa shape index (κ2) is 7.63. The minimum Gasteiger partial charge on any atom is -0.368 e. The summed E-state index contributed by atoms with van der Waals surface area (Å²) in [6.07, 6.45) is 0. The normalized spacial score (nSPS) is 13.1. The summed E-state index contributed by atoms with van der Waals surface area (Å²) in [5, 5.41) is 3.32. The summed E-state index contributed by atoms with van der Waals surface area (Å²) in [6, 6.07) is 5.77. The van der Waals surface area contributed by atoms with E-state index in [1.165, 1.54) is 0 Å². The van der Waals surface area contributed by atoms with Gasteiger partial charge >= 0.3 is 0 Å². The van der Waals surface area contributed by atoms with E-state index in [0.29, 0.717) is 12.0 Å². The average Bonchev–Trinajstić information content (AvgIpc) is 2.35. The number of rotatable bonds is 7. The molecular formula is C17H29FN2. The summed E-state index contributed by atoms with van der Waals surface area (Å²) in [5.74, 6) is 0.424. The van der Waals surface area contributed by atoms with E-state index in [-0.39, 0.29) is 11.9 Å². The van der Waals surface area contributed by atoms with Crippen molar-refractivity contribution in [1.29, 1.82) is 0 Å². The van der Waals surface area contributed by atoms with Gasteiger partial charge in [-0.25, -0.2) is 4.39 Å². The molecular weight excluding hydrogens is 251 g/mol. The van der Waals surface area contributed by atoms with Crippen LogP contribution in [0.1, 0.15) is 53.1 Å². The Morgan fingerprint density at radius 3 is 2.30 bits per heavy atom. The molecule has 1 unspecified atom stereocenters. The van der Waals surface area contributed by atoms with E-state index < -0.39 is 0 Å². The highest BCUT2D eigenvalue weighted by molar-refractivity contribution is 5.56. The number of benzene rings is 1. The highest BCUT2D eigenvalue weighted by Gasteiger charge is 2.21. The van der Waals surface area contributed by atoms with Crippen molar-refractivity contribution < 1.29 is 4.39 Å². The molecule has 1 atom stereocenters. The van der Waals surface area contributed by atoms with Crippen LogP contribution in [0.4, 0.5) is 10.1 Å². The predicted molar refractivity (Wildman–Crippen MR) is 85.8 cm³/mol. The lowest BCUT2D eigenvalue weighted by atomic mass is 10.0. The van der Waals surface area contributed by atoms with Crippen LogP contribution >= 0.6 is 0 Å². The van der Waals surface area contributed by atoms with Crippen molar-refractivity contribution in [2.24, 2.45) is 5.92 Å². The molecule has 0 saturated heterocycles. The first-order chi connectivity index (χ1) is 9.38. The number of halogens is 1. The monoisotopic (exact) mass is 280 g/mol. The van der Waals surface area contributed by atoms with E-state index >= 15 is 0 Å². The minimum absolute atomic E-state index is 0.0182. The Hall–Kier alpha value is -1.09. The van der Waals surface area contributed by atoms with E-state index in [1.54, 1.807) is 6.07 Å². The molecule has 0 amide bonds. The van der Waals surface area contributed by atoms with Crippen LogP contribution in [0, 0.1) is 11.7 Å². The van der Waals surface area contributed by atoms with E-state index in [0.717, 1.165) is 24.3 Å². The molecule has 0 aliphatic heterocycles. The molecule has 0 aliphatic rings. The highest BCUT2D eigenvalue weighted by Crippen LogP contribution is 2.30. The fraction of sp³-hybridized carbons (Fsp3) is 0.647. The minimum atomic E-state index is -0.120. The lowest BCUT2D eigenvalue weighted by molar-refractivity contribution is 0.526. The summed E-state index contributed by atoms with van der Waals surface area (Å²) in [4.78, 5) is 2.30. The lowest BCUT2D eigenvalue weighted by Gasteiger charge is -2.34. The molecule has 1 aromatic rings. The maximum Gasteiger partial charge on any atom is 0.130 e.